The van der Waals surface area contributed by atoms with E-state index in [-0.39, 0.29) is 12.0 Å². The number of Topliss-reactive ketones (excluding diaryl/α,β-unsaturated/α-hetero) is 2. The maximum atomic E-state index is 13.1. The van der Waals surface area contributed by atoms with Crippen molar-refractivity contribution >= 4 is 17.5 Å². The van der Waals surface area contributed by atoms with Crippen molar-refractivity contribution in [3.63, 3.8) is 0 Å². The molecular formula is C25H18O5. The lowest BCUT2D eigenvalue weighted by Crippen LogP contribution is -2.43. The van der Waals surface area contributed by atoms with Gasteiger partial charge >= 0.3 is 5.97 Å². The van der Waals surface area contributed by atoms with Crippen LogP contribution in [0.2, 0.25) is 0 Å². The third kappa shape index (κ3) is 3.31. The predicted molar refractivity (Wildman–Crippen MR) is 110 cm³/mol. The van der Waals surface area contributed by atoms with E-state index in [9.17, 15) is 19.5 Å². The highest BCUT2D eigenvalue weighted by Gasteiger charge is 2.48. The van der Waals surface area contributed by atoms with E-state index in [0.717, 1.165) is 0 Å². The zero-order valence-electron chi connectivity index (χ0n) is 15.9. The van der Waals surface area contributed by atoms with Crippen LogP contribution in [0.5, 0.6) is 0 Å². The molecule has 4 rings (SSSR count). The lowest BCUT2D eigenvalue weighted by Gasteiger charge is -2.37. The molecule has 0 amide bonds. The first-order chi connectivity index (χ1) is 14.5. The molecule has 0 saturated carbocycles. The molecule has 5 nitrogen and oxygen atoms in total. The number of ketones is 2. The van der Waals surface area contributed by atoms with E-state index in [0.29, 0.717) is 11.1 Å². The van der Waals surface area contributed by atoms with Crippen LogP contribution in [0.4, 0.5) is 0 Å². The van der Waals surface area contributed by atoms with Crippen molar-refractivity contribution in [2.24, 2.45) is 0 Å². The molecule has 1 aliphatic rings. The number of hydrogen-bond donors (Lipinski definition) is 1. The van der Waals surface area contributed by atoms with Crippen LogP contribution in [0, 0.1) is 0 Å². The number of hydrogen-bond acceptors (Lipinski definition) is 5. The lowest BCUT2D eigenvalue weighted by atomic mass is 9.78. The Labute approximate surface area is 173 Å². The summed E-state index contributed by atoms with van der Waals surface area (Å²) in [4.78, 5) is 38.6. The average Bonchev–Trinajstić information content (AvgIpc) is 2.79. The third-order valence-corrected chi connectivity index (χ3v) is 5.13. The zero-order valence-corrected chi connectivity index (χ0v) is 15.9. The molecule has 1 fully saturated rings. The van der Waals surface area contributed by atoms with Crippen LogP contribution in [-0.2, 0) is 19.9 Å². The number of allylic oxidation sites excluding steroid dienone is 1. The van der Waals surface area contributed by atoms with Gasteiger partial charge in [-0.25, -0.2) is 4.79 Å². The summed E-state index contributed by atoms with van der Waals surface area (Å²) in [5, 5.41) is 10.5. The van der Waals surface area contributed by atoms with Crippen LogP contribution in [0.3, 0.4) is 0 Å². The summed E-state index contributed by atoms with van der Waals surface area (Å²) >= 11 is 0. The molecule has 0 unspecified atom stereocenters. The Kier molecular flexibility index (Phi) is 5.02. The Morgan fingerprint density at radius 1 is 0.767 bits per heavy atom. The van der Waals surface area contributed by atoms with E-state index < -0.39 is 34.5 Å². The number of cyclic esters (lactones) is 1. The predicted octanol–water partition coefficient (Wildman–Crippen LogP) is 4.14. The van der Waals surface area contributed by atoms with Crippen molar-refractivity contribution in [3.8, 4) is 0 Å². The van der Waals surface area contributed by atoms with Gasteiger partial charge in [-0.1, -0.05) is 91.0 Å². The summed E-state index contributed by atoms with van der Waals surface area (Å²) in [6, 6.07) is 25.9. The fourth-order valence-electron chi connectivity index (χ4n) is 3.65. The molecule has 0 spiro atoms. The Morgan fingerprint density at radius 3 is 1.70 bits per heavy atom. The highest BCUT2D eigenvalue weighted by Crippen LogP contribution is 2.42. The van der Waals surface area contributed by atoms with Gasteiger partial charge in [-0.05, 0) is 0 Å². The van der Waals surface area contributed by atoms with Crippen LogP contribution in [0.15, 0.2) is 102 Å². The SMILES string of the molecule is O=C1CC(c2ccccc2)(c2ccccc2)OC(=O)/C1=C(/O)C(=O)c1ccccc1. The van der Waals surface area contributed by atoms with E-state index in [4.69, 9.17) is 4.74 Å². The van der Waals surface area contributed by atoms with Crippen LogP contribution in [-0.4, -0.2) is 22.6 Å². The normalized spacial score (nSPS) is 17.2. The minimum Gasteiger partial charge on any atom is -0.503 e. The first-order valence-corrected chi connectivity index (χ1v) is 9.43. The molecular weight excluding hydrogens is 380 g/mol. The summed E-state index contributed by atoms with van der Waals surface area (Å²) in [5.41, 5.74) is -0.523. The van der Waals surface area contributed by atoms with E-state index in [1.165, 1.54) is 12.1 Å². The Morgan fingerprint density at radius 2 is 1.23 bits per heavy atom. The van der Waals surface area contributed by atoms with Gasteiger partial charge in [0.1, 0.15) is 5.57 Å². The number of benzene rings is 3. The highest BCUT2D eigenvalue weighted by molar-refractivity contribution is 6.25. The largest absolute Gasteiger partial charge is 0.503 e. The molecule has 0 radical (unpaired) electrons. The number of rotatable bonds is 4. The standard InChI is InChI=1S/C25H18O5/c26-20-16-25(18-12-6-2-7-13-18,19-14-8-3-9-15-19)30-24(29)21(20)23(28)22(27)17-10-4-1-5-11-17/h1-15,28H,16H2/b23-21+. The molecule has 0 aromatic heterocycles. The van der Waals surface area contributed by atoms with Gasteiger partial charge in [-0.15, -0.1) is 0 Å². The number of esters is 1. The monoisotopic (exact) mass is 398 g/mol. The first-order valence-electron chi connectivity index (χ1n) is 9.43. The average molecular weight is 398 g/mol. The minimum atomic E-state index is -1.34. The van der Waals surface area contributed by atoms with Gasteiger partial charge in [-0.2, -0.15) is 0 Å². The van der Waals surface area contributed by atoms with Crippen molar-refractivity contribution in [1.29, 1.82) is 0 Å². The fraction of sp³-hybridized carbons (Fsp3) is 0.0800. The molecule has 0 aliphatic carbocycles. The molecule has 5 heteroatoms. The van der Waals surface area contributed by atoms with Gasteiger partial charge in [0.2, 0.25) is 5.78 Å². The Balaban J connectivity index is 1.79. The smallest absolute Gasteiger partial charge is 0.347 e. The molecule has 1 heterocycles. The minimum absolute atomic E-state index is 0.172. The van der Waals surface area contributed by atoms with Crippen molar-refractivity contribution in [3.05, 3.63) is 119 Å². The topological polar surface area (TPSA) is 80.7 Å². The van der Waals surface area contributed by atoms with Crippen LogP contribution in [0.1, 0.15) is 27.9 Å². The van der Waals surface area contributed by atoms with Gasteiger partial charge in [0.15, 0.2) is 17.1 Å². The Hall–Kier alpha value is -3.99. The summed E-state index contributed by atoms with van der Waals surface area (Å²) in [6.07, 6.45) is -0.228. The van der Waals surface area contributed by atoms with Crippen molar-refractivity contribution in [2.75, 3.05) is 0 Å². The second-order valence-electron chi connectivity index (χ2n) is 6.97. The zero-order chi connectivity index (χ0) is 21.1. The Bertz CT molecular complexity index is 1070. The number of carbonyl (C=O) groups is 3. The van der Waals surface area contributed by atoms with Gasteiger partial charge < -0.3 is 9.84 Å². The second kappa shape index (κ2) is 7.79. The van der Waals surface area contributed by atoms with Crippen molar-refractivity contribution in [1.82, 2.24) is 0 Å². The number of carbonyl (C=O) groups excluding carboxylic acids is 3. The van der Waals surface area contributed by atoms with Gasteiger partial charge in [0.05, 0.1) is 6.42 Å². The molecule has 1 aliphatic heterocycles. The fourth-order valence-corrected chi connectivity index (χ4v) is 3.65. The van der Waals surface area contributed by atoms with Crippen molar-refractivity contribution < 1.29 is 24.2 Å². The molecule has 148 valence electrons. The molecule has 0 bridgehead atoms. The van der Waals surface area contributed by atoms with Crippen LogP contribution in [0.25, 0.3) is 0 Å². The lowest BCUT2D eigenvalue weighted by molar-refractivity contribution is -0.160. The molecule has 1 N–H and O–H groups in total. The van der Waals surface area contributed by atoms with Gasteiger partial charge in [-0.3, -0.25) is 9.59 Å². The van der Waals surface area contributed by atoms with E-state index >= 15 is 0 Å². The van der Waals surface area contributed by atoms with E-state index in [1.807, 2.05) is 12.1 Å². The van der Waals surface area contributed by atoms with Crippen LogP contribution < -0.4 is 0 Å². The van der Waals surface area contributed by atoms with Crippen molar-refractivity contribution in [2.45, 2.75) is 12.0 Å². The molecule has 0 atom stereocenters. The summed E-state index contributed by atoms with van der Waals surface area (Å²) in [5.74, 6) is -3.38. The van der Waals surface area contributed by atoms with E-state index in [2.05, 4.69) is 0 Å². The first kappa shape index (κ1) is 19.3. The number of ether oxygens (including phenoxy) is 1. The maximum absolute atomic E-state index is 13.1. The number of aliphatic hydroxyl groups excluding tert-OH is 1. The molecule has 1 saturated heterocycles. The summed E-state index contributed by atoms with van der Waals surface area (Å²) < 4.78 is 5.81. The van der Waals surface area contributed by atoms with Gasteiger partial charge in [0, 0.05) is 16.7 Å². The third-order valence-electron chi connectivity index (χ3n) is 5.13. The van der Waals surface area contributed by atoms with Gasteiger partial charge in [0.25, 0.3) is 0 Å². The molecule has 30 heavy (non-hydrogen) atoms. The van der Waals surface area contributed by atoms with E-state index in [1.54, 1.807) is 66.7 Å². The van der Waals surface area contributed by atoms with Crippen LogP contribution >= 0.6 is 0 Å². The molecule has 3 aromatic rings. The molecule has 3 aromatic carbocycles. The quantitative estimate of drug-likeness (QED) is 0.235. The summed E-state index contributed by atoms with van der Waals surface area (Å²) in [7, 11) is 0. The second-order valence-corrected chi connectivity index (χ2v) is 6.97. The maximum Gasteiger partial charge on any atom is 0.347 e. The number of aliphatic hydroxyl groups is 1. The summed E-state index contributed by atoms with van der Waals surface area (Å²) in [6.45, 7) is 0. The highest BCUT2D eigenvalue weighted by atomic mass is 16.6.